The first-order valence-corrected chi connectivity index (χ1v) is 13.3. The number of benzene rings is 3. The van der Waals surface area contributed by atoms with Crippen LogP contribution in [0.25, 0.3) is 10.2 Å². The summed E-state index contributed by atoms with van der Waals surface area (Å²) in [5.41, 5.74) is 3.26. The van der Waals surface area contributed by atoms with Crippen molar-refractivity contribution in [1.82, 2.24) is 9.29 Å². The molecule has 0 radical (unpaired) electrons. The van der Waals surface area contributed by atoms with Gasteiger partial charge in [0.15, 0.2) is 0 Å². The molecule has 0 unspecified atom stereocenters. The Hall–Kier alpha value is -3.27. The van der Waals surface area contributed by atoms with E-state index < -0.39 is 10.0 Å². The van der Waals surface area contributed by atoms with Crippen molar-refractivity contribution in [1.29, 1.82) is 0 Å². The predicted octanol–water partition coefficient (Wildman–Crippen LogP) is 3.72. The maximum Gasteiger partial charge on any atom is 0.308 e. The standard InChI is InChI=1S/C25H23N3O4S2/c29-24-10-5-13-27(24)20-9-4-8-19(14-20)16-26-34(31,32)21-11-12-22-23(15-21)33-25(30)28(22)17-18-6-2-1-3-7-18/h1-4,6-9,11-12,14-15,26H,5,10,13,16-17H2. The number of fused-ring (bicyclic) bond motifs is 1. The molecule has 2 heterocycles. The number of nitrogens with zero attached hydrogens (tertiary/aromatic N) is 2. The normalized spacial score (nSPS) is 14.2. The van der Waals surface area contributed by atoms with Crippen molar-refractivity contribution in [2.45, 2.75) is 30.8 Å². The fourth-order valence-electron chi connectivity index (χ4n) is 4.15. The molecule has 1 aliphatic rings. The van der Waals surface area contributed by atoms with Gasteiger partial charge in [-0.1, -0.05) is 53.8 Å². The number of aromatic nitrogens is 1. The van der Waals surface area contributed by atoms with E-state index >= 15 is 0 Å². The summed E-state index contributed by atoms with van der Waals surface area (Å²) in [4.78, 5) is 26.3. The molecule has 9 heteroatoms. The zero-order valence-corrected chi connectivity index (χ0v) is 19.9. The van der Waals surface area contributed by atoms with Crippen LogP contribution in [-0.4, -0.2) is 25.4 Å². The van der Waals surface area contributed by atoms with Crippen LogP contribution in [0.5, 0.6) is 0 Å². The number of hydrogen-bond acceptors (Lipinski definition) is 5. The van der Waals surface area contributed by atoms with Crippen LogP contribution < -0.4 is 14.5 Å². The first kappa shape index (κ1) is 22.5. The maximum atomic E-state index is 13.0. The summed E-state index contributed by atoms with van der Waals surface area (Å²) in [7, 11) is -3.79. The van der Waals surface area contributed by atoms with Gasteiger partial charge in [-0.25, -0.2) is 13.1 Å². The number of amides is 1. The highest BCUT2D eigenvalue weighted by Gasteiger charge is 2.22. The summed E-state index contributed by atoms with van der Waals surface area (Å²) in [5.74, 6) is 0.0872. The molecule has 0 bridgehead atoms. The largest absolute Gasteiger partial charge is 0.312 e. The number of sulfonamides is 1. The number of carbonyl (C=O) groups is 1. The Morgan fingerprint density at radius 3 is 2.47 bits per heavy atom. The van der Waals surface area contributed by atoms with Crippen molar-refractivity contribution >= 4 is 43.2 Å². The van der Waals surface area contributed by atoms with Crippen LogP contribution in [0.1, 0.15) is 24.0 Å². The molecular formula is C25H23N3O4S2. The molecule has 174 valence electrons. The van der Waals surface area contributed by atoms with Crippen molar-refractivity contribution in [3.8, 4) is 0 Å². The second kappa shape index (κ2) is 9.17. The van der Waals surface area contributed by atoms with Gasteiger partial charge in [-0.2, -0.15) is 0 Å². The van der Waals surface area contributed by atoms with Crippen LogP contribution >= 0.6 is 11.3 Å². The van der Waals surface area contributed by atoms with Gasteiger partial charge in [-0.05, 0) is 47.9 Å². The first-order chi connectivity index (χ1) is 16.4. The Kier molecular flexibility index (Phi) is 6.07. The summed E-state index contributed by atoms with van der Waals surface area (Å²) in [6.07, 6.45) is 1.37. The van der Waals surface area contributed by atoms with Crippen molar-refractivity contribution in [2.75, 3.05) is 11.4 Å². The number of nitrogens with one attached hydrogen (secondary N) is 1. The minimum atomic E-state index is -3.79. The van der Waals surface area contributed by atoms with E-state index in [1.807, 2.05) is 54.6 Å². The molecule has 1 saturated heterocycles. The SMILES string of the molecule is O=C1CCCN1c1cccc(CNS(=O)(=O)c2ccc3c(c2)sc(=O)n3Cc2ccccc2)c1. The minimum absolute atomic E-state index is 0.0872. The van der Waals surface area contributed by atoms with E-state index in [-0.39, 0.29) is 22.2 Å². The fraction of sp³-hybridized carbons (Fsp3) is 0.200. The monoisotopic (exact) mass is 493 g/mol. The van der Waals surface area contributed by atoms with E-state index in [9.17, 15) is 18.0 Å². The lowest BCUT2D eigenvalue weighted by Gasteiger charge is -2.16. The molecule has 0 saturated carbocycles. The van der Waals surface area contributed by atoms with Crippen LogP contribution in [0.15, 0.2) is 82.5 Å². The number of carbonyl (C=O) groups excluding carboxylic acids is 1. The molecule has 0 aliphatic carbocycles. The van der Waals surface area contributed by atoms with Gasteiger partial charge in [0, 0.05) is 25.2 Å². The van der Waals surface area contributed by atoms with Crippen LogP contribution in [0.4, 0.5) is 5.69 Å². The van der Waals surface area contributed by atoms with Crippen LogP contribution in [0, 0.1) is 0 Å². The van der Waals surface area contributed by atoms with Crippen molar-refractivity contribution < 1.29 is 13.2 Å². The summed E-state index contributed by atoms with van der Waals surface area (Å²) in [6, 6.07) is 21.8. The zero-order valence-electron chi connectivity index (χ0n) is 18.3. The van der Waals surface area contributed by atoms with Crippen LogP contribution in [0.2, 0.25) is 0 Å². The molecule has 3 aromatic carbocycles. The van der Waals surface area contributed by atoms with Crippen LogP contribution in [-0.2, 0) is 27.9 Å². The fourth-order valence-corrected chi connectivity index (χ4v) is 6.19. The number of anilines is 1. The van der Waals surface area contributed by atoms with Crippen LogP contribution in [0.3, 0.4) is 0 Å². The van der Waals surface area contributed by atoms with E-state index in [1.54, 1.807) is 21.6 Å². The Bertz CT molecular complexity index is 1520. The van der Waals surface area contributed by atoms with Gasteiger partial charge >= 0.3 is 4.87 Å². The second-order valence-corrected chi connectivity index (χ2v) is 11.0. The highest BCUT2D eigenvalue weighted by Crippen LogP contribution is 2.24. The molecule has 0 atom stereocenters. The number of thiazole rings is 1. The lowest BCUT2D eigenvalue weighted by atomic mass is 10.2. The molecule has 7 nitrogen and oxygen atoms in total. The molecule has 1 N–H and O–H groups in total. The molecule has 4 aromatic rings. The number of hydrogen-bond donors (Lipinski definition) is 1. The summed E-state index contributed by atoms with van der Waals surface area (Å²) in [6.45, 7) is 1.21. The van der Waals surface area contributed by atoms with E-state index in [1.165, 1.54) is 6.07 Å². The third-order valence-electron chi connectivity index (χ3n) is 5.90. The van der Waals surface area contributed by atoms with Gasteiger partial charge in [0.1, 0.15) is 0 Å². The van der Waals surface area contributed by atoms with Gasteiger partial charge in [-0.3, -0.25) is 14.2 Å². The molecule has 1 aliphatic heterocycles. The zero-order chi connectivity index (χ0) is 23.7. The molecule has 5 rings (SSSR count). The summed E-state index contributed by atoms with van der Waals surface area (Å²) >= 11 is 1.04. The van der Waals surface area contributed by atoms with Gasteiger partial charge in [-0.15, -0.1) is 0 Å². The highest BCUT2D eigenvalue weighted by molar-refractivity contribution is 7.89. The third-order valence-corrected chi connectivity index (χ3v) is 8.24. The quantitative estimate of drug-likeness (QED) is 0.425. The molecule has 1 fully saturated rings. The van der Waals surface area contributed by atoms with Crippen molar-refractivity contribution in [3.05, 3.63) is 93.6 Å². The Balaban J connectivity index is 1.35. The summed E-state index contributed by atoms with van der Waals surface area (Å²) < 4.78 is 30.9. The van der Waals surface area contributed by atoms with Crippen molar-refractivity contribution in [3.63, 3.8) is 0 Å². The minimum Gasteiger partial charge on any atom is -0.312 e. The molecule has 1 amide bonds. The Morgan fingerprint density at radius 1 is 0.912 bits per heavy atom. The van der Waals surface area contributed by atoms with Gasteiger partial charge in [0.25, 0.3) is 0 Å². The lowest BCUT2D eigenvalue weighted by molar-refractivity contribution is -0.117. The highest BCUT2D eigenvalue weighted by atomic mass is 32.2. The second-order valence-electron chi connectivity index (χ2n) is 8.21. The Morgan fingerprint density at radius 2 is 1.71 bits per heavy atom. The molecular weight excluding hydrogens is 470 g/mol. The number of rotatable bonds is 7. The third kappa shape index (κ3) is 4.54. The van der Waals surface area contributed by atoms with E-state index in [2.05, 4.69) is 4.72 Å². The first-order valence-electron chi connectivity index (χ1n) is 11.0. The van der Waals surface area contributed by atoms with E-state index in [0.717, 1.165) is 34.6 Å². The topological polar surface area (TPSA) is 88.5 Å². The Labute approximate surface area is 201 Å². The van der Waals surface area contributed by atoms with Gasteiger partial charge in [0.2, 0.25) is 15.9 Å². The summed E-state index contributed by atoms with van der Waals surface area (Å²) in [5, 5.41) is 0. The molecule has 34 heavy (non-hydrogen) atoms. The molecule has 1 aromatic heterocycles. The van der Waals surface area contributed by atoms with Crippen molar-refractivity contribution in [2.24, 2.45) is 0 Å². The smallest absolute Gasteiger partial charge is 0.308 e. The molecule has 0 spiro atoms. The maximum absolute atomic E-state index is 13.0. The van der Waals surface area contributed by atoms with E-state index in [4.69, 9.17) is 0 Å². The lowest BCUT2D eigenvalue weighted by Crippen LogP contribution is -2.25. The predicted molar refractivity (Wildman–Crippen MR) is 134 cm³/mol. The average molecular weight is 494 g/mol. The van der Waals surface area contributed by atoms with Gasteiger partial charge in [0.05, 0.1) is 21.7 Å². The average Bonchev–Trinajstić information content (AvgIpc) is 3.41. The van der Waals surface area contributed by atoms with E-state index in [0.29, 0.717) is 29.7 Å². The van der Waals surface area contributed by atoms with Gasteiger partial charge < -0.3 is 4.90 Å².